The van der Waals surface area contributed by atoms with Crippen LogP contribution in [0.3, 0.4) is 0 Å². The maximum absolute atomic E-state index is 12.7. The Hall–Kier alpha value is -3.44. The summed E-state index contributed by atoms with van der Waals surface area (Å²) in [5.74, 6) is 1.91. The second kappa shape index (κ2) is 9.37. The van der Waals surface area contributed by atoms with Crippen molar-refractivity contribution in [3.63, 3.8) is 0 Å². The lowest BCUT2D eigenvalue weighted by Crippen LogP contribution is -2.48. The number of carbonyl (C=O) groups excluding carboxylic acids is 1. The Balaban J connectivity index is 1.12. The maximum Gasteiger partial charge on any atom is 0.223 e. The largest absolute Gasteiger partial charge is 0.461 e. The van der Waals surface area contributed by atoms with Crippen LogP contribution in [-0.2, 0) is 17.8 Å². The smallest absolute Gasteiger partial charge is 0.223 e. The predicted octanol–water partition coefficient (Wildman–Crippen LogP) is 4.77. The molecule has 0 spiro atoms. The van der Waals surface area contributed by atoms with Crippen molar-refractivity contribution in [3.8, 4) is 11.3 Å². The molecule has 1 aliphatic heterocycles. The predicted molar refractivity (Wildman–Crippen MR) is 126 cm³/mol. The van der Waals surface area contributed by atoms with E-state index in [4.69, 9.17) is 4.42 Å². The number of furan rings is 1. The summed E-state index contributed by atoms with van der Waals surface area (Å²) >= 11 is 0. The molecule has 5 rings (SSSR count). The van der Waals surface area contributed by atoms with E-state index in [1.165, 1.54) is 10.9 Å². The lowest BCUT2D eigenvalue weighted by molar-refractivity contribution is -0.133. The summed E-state index contributed by atoms with van der Waals surface area (Å²) < 4.78 is 5.94. The molecule has 1 fully saturated rings. The zero-order chi connectivity index (χ0) is 21.8. The van der Waals surface area contributed by atoms with Crippen LogP contribution in [0.1, 0.15) is 17.7 Å². The fourth-order valence-corrected chi connectivity index (χ4v) is 4.35. The first-order valence-corrected chi connectivity index (χ1v) is 11.2. The molecule has 0 aliphatic carbocycles. The fourth-order valence-electron chi connectivity index (χ4n) is 4.35. The van der Waals surface area contributed by atoms with E-state index in [0.29, 0.717) is 12.8 Å². The van der Waals surface area contributed by atoms with E-state index < -0.39 is 0 Å². The number of pyridine rings is 1. The number of aromatic nitrogens is 1. The number of amides is 1. The minimum absolute atomic E-state index is 0.203. The third kappa shape index (κ3) is 4.58. The Morgan fingerprint density at radius 2 is 1.69 bits per heavy atom. The molecule has 2 aromatic carbocycles. The van der Waals surface area contributed by atoms with Gasteiger partial charge in [-0.2, -0.15) is 0 Å². The summed E-state index contributed by atoms with van der Waals surface area (Å²) in [6.07, 6.45) is 2.97. The molecule has 5 heteroatoms. The van der Waals surface area contributed by atoms with Crippen molar-refractivity contribution in [2.45, 2.75) is 19.4 Å². The van der Waals surface area contributed by atoms with Gasteiger partial charge in [0.15, 0.2) is 0 Å². The number of carbonyl (C=O) groups is 1. The highest BCUT2D eigenvalue weighted by molar-refractivity contribution is 5.81. The van der Waals surface area contributed by atoms with Gasteiger partial charge in [0.25, 0.3) is 0 Å². The number of nitrogens with zero attached hydrogens (tertiary/aromatic N) is 3. The van der Waals surface area contributed by atoms with Crippen molar-refractivity contribution < 1.29 is 9.21 Å². The molecular weight excluding hydrogens is 398 g/mol. The van der Waals surface area contributed by atoms with Crippen molar-refractivity contribution in [2.75, 3.05) is 26.2 Å². The lowest BCUT2D eigenvalue weighted by atomic mass is 10.1. The second-order valence-electron chi connectivity index (χ2n) is 8.28. The Kier molecular flexibility index (Phi) is 5.99. The highest BCUT2D eigenvalue weighted by Crippen LogP contribution is 2.23. The quantitative estimate of drug-likeness (QED) is 0.446. The topological polar surface area (TPSA) is 49.6 Å². The van der Waals surface area contributed by atoms with Gasteiger partial charge in [-0.05, 0) is 23.8 Å². The van der Waals surface area contributed by atoms with Crippen LogP contribution in [0.2, 0.25) is 0 Å². The SMILES string of the molecule is O=C(CCc1ccc(-c2ccccc2)o1)N1CCN(Cc2cccc3cccnc23)CC1. The van der Waals surface area contributed by atoms with Crippen molar-refractivity contribution in [1.82, 2.24) is 14.8 Å². The van der Waals surface area contributed by atoms with Gasteiger partial charge in [0.2, 0.25) is 5.91 Å². The van der Waals surface area contributed by atoms with E-state index in [-0.39, 0.29) is 5.91 Å². The average Bonchev–Trinajstić information content (AvgIpc) is 3.33. The van der Waals surface area contributed by atoms with Gasteiger partial charge in [-0.1, -0.05) is 54.6 Å². The van der Waals surface area contributed by atoms with Crippen LogP contribution in [0.4, 0.5) is 0 Å². The van der Waals surface area contributed by atoms with Gasteiger partial charge in [0.05, 0.1) is 5.52 Å². The lowest BCUT2D eigenvalue weighted by Gasteiger charge is -2.35. The van der Waals surface area contributed by atoms with Crippen LogP contribution in [0.5, 0.6) is 0 Å². The first-order valence-electron chi connectivity index (χ1n) is 11.2. The molecule has 1 saturated heterocycles. The molecule has 162 valence electrons. The molecule has 0 radical (unpaired) electrons. The molecule has 0 bridgehead atoms. The highest BCUT2D eigenvalue weighted by Gasteiger charge is 2.21. The fraction of sp³-hybridized carbons (Fsp3) is 0.259. The van der Waals surface area contributed by atoms with Crippen molar-refractivity contribution >= 4 is 16.8 Å². The van der Waals surface area contributed by atoms with Crippen molar-refractivity contribution in [2.24, 2.45) is 0 Å². The standard InChI is InChI=1S/C27H27N3O2/c31-26(14-12-24-11-13-25(32-24)21-6-2-1-3-7-21)30-18-16-29(17-19-30)20-23-9-4-8-22-10-5-15-28-27(22)23/h1-11,13,15H,12,14,16-20H2. The van der Waals surface area contributed by atoms with Gasteiger partial charge in [0, 0.05) is 62.7 Å². The molecule has 1 amide bonds. The van der Waals surface area contributed by atoms with E-state index in [1.54, 1.807) is 0 Å². The van der Waals surface area contributed by atoms with E-state index in [9.17, 15) is 4.79 Å². The molecular formula is C27H27N3O2. The number of benzene rings is 2. The molecule has 0 unspecified atom stereocenters. The molecule has 5 nitrogen and oxygen atoms in total. The van der Waals surface area contributed by atoms with Gasteiger partial charge in [0.1, 0.15) is 11.5 Å². The molecule has 32 heavy (non-hydrogen) atoms. The van der Waals surface area contributed by atoms with Gasteiger partial charge in [-0.25, -0.2) is 0 Å². The van der Waals surface area contributed by atoms with Gasteiger partial charge < -0.3 is 9.32 Å². The summed E-state index contributed by atoms with van der Waals surface area (Å²) in [5.41, 5.74) is 3.37. The Morgan fingerprint density at radius 1 is 0.875 bits per heavy atom. The summed E-state index contributed by atoms with van der Waals surface area (Å²) in [6.45, 7) is 4.17. The van der Waals surface area contributed by atoms with E-state index >= 15 is 0 Å². The van der Waals surface area contributed by atoms with E-state index in [0.717, 1.165) is 55.3 Å². The monoisotopic (exact) mass is 425 g/mol. The van der Waals surface area contributed by atoms with Crippen molar-refractivity contribution in [1.29, 1.82) is 0 Å². The second-order valence-corrected chi connectivity index (χ2v) is 8.28. The average molecular weight is 426 g/mol. The van der Waals surface area contributed by atoms with Crippen LogP contribution >= 0.6 is 0 Å². The molecule has 0 N–H and O–H groups in total. The number of hydrogen-bond donors (Lipinski definition) is 0. The summed E-state index contributed by atoms with van der Waals surface area (Å²) in [4.78, 5) is 21.7. The number of rotatable bonds is 6. The van der Waals surface area contributed by atoms with Gasteiger partial charge in [-0.3, -0.25) is 14.7 Å². The molecule has 2 aromatic heterocycles. The third-order valence-electron chi connectivity index (χ3n) is 6.14. The number of fused-ring (bicyclic) bond motifs is 1. The minimum atomic E-state index is 0.203. The molecule has 1 aliphatic rings. The third-order valence-corrected chi connectivity index (χ3v) is 6.14. The van der Waals surface area contributed by atoms with Crippen LogP contribution in [0, 0.1) is 0 Å². The van der Waals surface area contributed by atoms with Crippen LogP contribution in [0.15, 0.2) is 83.4 Å². The number of aryl methyl sites for hydroxylation is 1. The van der Waals surface area contributed by atoms with Crippen LogP contribution in [0.25, 0.3) is 22.2 Å². The van der Waals surface area contributed by atoms with Crippen LogP contribution in [-0.4, -0.2) is 46.9 Å². The maximum atomic E-state index is 12.7. The first-order chi connectivity index (χ1) is 15.8. The Bertz CT molecular complexity index is 1190. The summed E-state index contributed by atoms with van der Waals surface area (Å²) in [7, 11) is 0. The highest BCUT2D eigenvalue weighted by atomic mass is 16.3. The zero-order valence-electron chi connectivity index (χ0n) is 18.1. The minimum Gasteiger partial charge on any atom is -0.461 e. The summed E-state index contributed by atoms with van der Waals surface area (Å²) in [6, 6.07) is 24.4. The van der Waals surface area contributed by atoms with Gasteiger partial charge >= 0.3 is 0 Å². The normalized spacial score (nSPS) is 14.7. The van der Waals surface area contributed by atoms with Crippen LogP contribution < -0.4 is 0 Å². The summed E-state index contributed by atoms with van der Waals surface area (Å²) in [5, 5.41) is 1.17. The number of piperazine rings is 1. The molecule has 0 saturated carbocycles. The van der Waals surface area contributed by atoms with Gasteiger partial charge in [-0.15, -0.1) is 0 Å². The van der Waals surface area contributed by atoms with E-state index in [2.05, 4.69) is 34.1 Å². The van der Waals surface area contributed by atoms with Crippen molar-refractivity contribution in [3.05, 3.63) is 90.3 Å². The van der Waals surface area contributed by atoms with E-state index in [1.807, 2.05) is 59.6 Å². The molecule has 3 heterocycles. The zero-order valence-corrected chi connectivity index (χ0v) is 18.1. The molecule has 4 aromatic rings. The Labute approximate surface area is 188 Å². The first kappa shape index (κ1) is 20.5. The number of para-hydroxylation sites is 1. The molecule has 0 atom stereocenters. The Morgan fingerprint density at radius 3 is 2.53 bits per heavy atom. The number of hydrogen-bond acceptors (Lipinski definition) is 4.